The summed E-state index contributed by atoms with van der Waals surface area (Å²) in [6.45, 7) is 7.12. The maximum atomic E-state index is 5.08. The predicted octanol–water partition coefficient (Wildman–Crippen LogP) is 2.05. The summed E-state index contributed by atoms with van der Waals surface area (Å²) in [6.07, 6.45) is 2.91. The summed E-state index contributed by atoms with van der Waals surface area (Å²) in [4.78, 5) is 9.83. The zero-order chi connectivity index (χ0) is 14.3. The summed E-state index contributed by atoms with van der Waals surface area (Å²) < 4.78 is 2.54. The van der Waals surface area contributed by atoms with Crippen LogP contribution < -0.4 is 0 Å². The van der Waals surface area contributed by atoms with Crippen molar-refractivity contribution in [3.8, 4) is 0 Å². The predicted molar refractivity (Wildman–Crippen MR) is 79.9 cm³/mol. The van der Waals surface area contributed by atoms with Gasteiger partial charge < -0.3 is 4.98 Å². The van der Waals surface area contributed by atoms with Crippen LogP contribution in [0, 0.1) is 18.6 Å². The van der Waals surface area contributed by atoms with Gasteiger partial charge in [-0.05, 0) is 26.1 Å². The third-order valence-corrected chi connectivity index (χ3v) is 4.30. The fraction of sp³-hybridized carbons (Fsp3) is 0.500. The molecule has 1 N–H and O–H groups in total. The van der Waals surface area contributed by atoms with Crippen molar-refractivity contribution in [1.29, 1.82) is 0 Å². The number of fused-ring (bicyclic) bond motifs is 1. The highest BCUT2D eigenvalue weighted by Gasteiger charge is 2.19. The fourth-order valence-corrected chi connectivity index (χ4v) is 2.99. The van der Waals surface area contributed by atoms with Gasteiger partial charge in [-0.25, -0.2) is 4.98 Å². The Balaban J connectivity index is 1.81. The van der Waals surface area contributed by atoms with Crippen molar-refractivity contribution >= 4 is 12.2 Å². The first kappa shape index (κ1) is 13.5. The topological polar surface area (TPSA) is 49.7 Å². The van der Waals surface area contributed by atoms with Crippen molar-refractivity contribution in [2.24, 2.45) is 7.05 Å². The number of nitrogens with zero attached hydrogens (tertiary/aromatic N) is 4. The molecule has 0 bridgehead atoms. The van der Waals surface area contributed by atoms with E-state index in [9.17, 15) is 0 Å². The van der Waals surface area contributed by atoms with Crippen LogP contribution in [0.25, 0.3) is 0 Å². The van der Waals surface area contributed by atoms with E-state index in [1.807, 2.05) is 17.9 Å². The van der Waals surface area contributed by atoms with Gasteiger partial charge in [-0.2, -0.15) is 5.10 Å². The molecule has 1 aliphatic rings. The van der Waals surface area contributed by atoms with Crippen molar-refractivity contribution < 1.29 is 0 Å². The molecular weight excluding hydrogens is 270 g/mol. The zero-order valence-corrected chi connectivity index (χ0v) is 12.9. The molecule has 0 aromatic carbocycles. The summed E-state index contributed by atoms with van der Waals surface area (Å²) >= 11 is 5.08. The van der Waals surface area contributed by atoms with Crippen LogP contribution in [0.5, 0.6) is 0 Å². The molecule has 0 saturated carbocycles. The second kappa shape index (κ2) is 5.10. The molecule has 5 nitrogen and oxygen atoms in total. The minimum atomic E-state index is 0.580. The Hall–Kier alpha value is -1.53. The van der Waals surface area contributed by atoms with Crippen molar-refractivity contribution in [3.63, 3.8) is 0 Å². The molecule has 0 saturated heterocycles. The molecule has 0 atom stereocenters. The van der Waals surface area contributed by atoms with E-state index in [4.69, 9.17) is 12.2 Å². The highest BCUT2D eigenvalue weighted by Crippen LogP contribution is 2.20. The van der Waals surface area contributed by atoms with Crippen LogP contribution >= 0.6 is 12.2 Å². The Bertz CT molecular complexity index is 700. The second-order valence-electron chi connectivity index (χ2n) is 5.43. The van der Waals surface area contributed by atoms with Gasteiger partial charge >= 0.3 is 0 Å². The SMILES string of the molecule is Cc1nn(C)c(C)c1CN1CCc2[nH]c(=S)ncc2C1. The molecule has 0 fully saturated rings. The number of rotatable bonds is 2. The Morgan fingerprint density at radius 2 is 2.20 bits per heavy atom. The van der Waals surface area contributed by atoms with E-state index in [0.29, 0.717) is 4.77 Å². The normalized spacial score (nSPS) is 15.3. The van der Waals surface area contributed by atoms with Crippen LogP contribution in [0.1, 0.15) is 28.2 Å². The van der Waals surface area contributed by atoms with Crippen LogP contribution in [-0.2, 0) is 26.6 Å². The smallest absolute Gasteiger partial charge is 0.196 e. The van der Waals surface area contributed by atoms with E-state index >= 15 is 0 Å². The standard InChI is InChI=1S/C14H19N5S/c1-9-12(10(2)18(3)17-9)8-19-5-4-13-11(7-19)6-15-14(20)16-13/h6H,4-5,7-8H2,1-3H3,(H,15,16,20). The molecule has 2 aromatic heterocycles. The van der Waals surface area contributed by atoms with E-state index in [1.165, 1.54) is 22.5 Å². The lowest BCUT2D eigenvalue weighted by atomic mass is 10.1. The van der Waals surface area contributed by atoms with Gasteiger partial charge in [-0.15, -0.1) is 0 Å². The Morgan fingerprint density at radius 3 is 2.90 bits per heavy atom. The number of aromatic nitrogens is 4. The van der Waals surface area contributed by atoms with Gasteiger partial charge in [0.05, 0.1) is 5.69 Å². The summed E-state index contributed by atoms with van der Waals surface area (Å²) in [6, 6.07) is 0. The first-order chi connectivity index (χ1) is 9.54. The quantitative estimate of drug-likeness (QED) is 0.860. The molecule has 0 aliphatic carbocycles. The van der Waals surface area contributed by atoms with Gasteiger partial charge in [0.15, 0.2) is 4.77 Å². The van der Waals surface area contributed by atoms with Crippen molar-refractivity contribution in [2.75, 3.05) is 6.54 Å². The van der Waals surface area contributed by atoms with Crippen LogP contribution in [0.3, 0.4) is 0 Å². The largest absolute Gasteiger partial charge is 0.334 e. The molecule has 3 rings (SSSR count). The lowest BCUT2D eigenvalue weighted by Gasteiger charge is -2.28. The van der Waals surface area contributed by atoms with Crippen molar-refractivity contribution in [1.82, 2.24) is 24.6 Å². The lowest BCUT2D eigenvalue weighted by molar-refractivity contribution is 0.241. The number of H-pyrrole nitrogens is 1. The first-order valence-electron chi connectivity index (χ1n) is 6.83. The summed E-state index contributed by atoms with van der Waals surface area (Å²) in [5.74, 6) is 0. The third kappa shape index (κ3) is 2.41. The third-order valence-electron chi connectivity index (χ3n) is 4.10. The minimum absolute atomic E-state index is 0.580. The van der Waals surface area contributed by atoms with Gasteiger partial charge in [0.1, 0.15) is 0 Å². The number of aromatic amines is 1. The van der Waals surface area contributed by atoms with Crippen LogP contribution in [0.15, 0.2) is 6.20 Å². The molecule has 0 amide bonds. The summed E-state index contributed by atoms with van der Waals surface area (Å²) in [5.41, 5.74) is 6.21. The minimum Gasteiger partial charge on any atom is -0.334 e. The Labute approximate surface area is 123 Å². The maximum absolute atomic E-state index is 5.08. The number of hydrogen-bond acceptors (Lipinski definition) is 4. The van der Waals surface area contributed by atoms with Gasteiger partial charge in [0.2, 0.25) is 0 Å². The lowest BCUT2D eigenvalue weighted by Crippen LogP contribution is -2.31. The Morgan fingerprint density at radius 1 is 1.40 bits per heavy atom. The van der Waals surface area contributed by atoms with Crippen LogP contribution in [0.4, 0.5) is 0 Å². The summed E-state index contributed by atoms with van der Waals surface area (Å²) in [7, 11) is 2.00. The molecule has 2 aromatic rings. The monoisotopic (exact) mass is 289 g/mol. The van der Waals surface area contributed by atoms with E-state index in [2.05, 4.69) is 33.8 Å². The van der Waals surface area contributed by atoms with Gasteiger partial charge in [-0.3, -0.25) is 9.58 Å². The molecule has 6 heteroatoms. The van der Waals surface area contributed by atoms with E-state index in [-0.39, 0.29) is 0 Å². The summed E-state index contributed by atoms with van der Waals surface area (Å²) in [5, 5.41) is 4.49. The van der Waals surface area contributed by atoms with Gasteiger partial charge in [0, 0.05) is 61.8 Å². The molecule has 0 radical (unpaired) electrons. The highest BCUT2D eigenvalue weighted by molar-refractivity contribution is 7.71. The van der Waals surface area contributed by atoms with Crippen molar-refractivity contribution in [3.05, 3.63) is 39.2 Å². The molecule has 0 unspecified atom stereocenters. The zero-order valence-electron chi connectivity index (χ0n) is 12.1. The fourth-order valence-electron chi connectivity index (χ4n) is 2.81. The average molecular weight is 289 g/mol. The molecule has 106 valence electrons. The van der Waals surface area contributed by atoms with Gasteiger partial charge in [-0.1, -0.05) is 0 Å². The number of hydrogen-bond donors (Lipinski definition) is 1. The highest BCUT2D eigenvalue weighted by atomic mass is 32.1. The second-order valence-corrected chi connectivity index (χ2v) is 5.81. The molecule has 3 heterocycles. The van der Waals surface area contributed by atoms with Crippen LogP contribution in [-0.4, -0.2) is 31.2 Å². The molecule has 1 aliphatic heterocycles. The van der Waals surface area contributed by atoms with Crippen molar-refractivity contribution in [2.45, 2.75) is 33.4 Å². The molecule has 20 heavy (non-hydrogen) atoms. The van der Waals surface area contributed by atoms with E-state index < -0.39 is 0 Å². The Kier molecular flexibility index (Phi) is 3.43. The number of nitrogens with one attached hydrogen (secondary N) is 1. The van der Waals surface area contributed by atoms with Crippen LogP contribution in [0.2, 0.25) is 0 Å². The maximum Gasteiger partial charge on any atom is 0.196 e. The van der Waals surface area contributed by atoms with E-state index in [0.717, 1.165) is 31.7 Å². The first-order valence-corrected chi connectivity index (χ1v) is 7.24. The van der Waals surface area contributed by atoms with E-state index in [1.54, 1.807) is 0 Å². The molecular formula is C14H19N5S. The van der Waals surface area contributed by atoms with Gasteiger partial charge in [0.25, 0.3) is 0 Å². The number of aryl methyl sites for hydroxylation is 2. The molecule has 0 spiro atoms. The average Bonchev–Trinajstić information content (AvgIpc) is 2.65.